The lowest BCUT2D eigenvalue weighted by molar-refractivity contribution is -0.126. The molecule has 234 valence electrons. The van der Waals surface area contributed by atoms with Crippen LogP contribution in [0.25, 0.3) is 0 Å². The fourth-order valence-electron chi connectivity index (χ4n) is 6.28. The van der Waals surface area contributed by atoms with Gasteiger partial charge in [-0.25, -0.2) is 4.79 Å². The van der Waals surface area contributed by atoms with Gasteiger partial charge in [-0.2, -0.15) is 0 Å². The summed E-state index contributed by atoms with van der Waals surface area (Å²) in [6.07, 6.45) is 5.33. The Balaban J connectivity index is 1.53. The SMILES string of the molecule is CC(C)(c1cccc(Cl)c1)C(OC(=O)NC(CC1CCCCC1)C(=O)NC(CO)C[C@@H]1CCNC1=O)c1ccc(Cl)cc1. The Kier molecular flexibility index (Phi) is 11.7. The number of amides is 3. The molecule has 1 aliphatic carbocycles. The number of alkyl carbamates (subject to hydrolysis) is 1. The third kappa shape index (κ3) is 9.10. The average Bonchev–Trinajstić information content (AvgIpc) is 3.40. The number of carbonyl (C=O) groups excluding carboxylic acids is 3. The van der Waals surface area contributed by atoms with E-state index in [1.807, 2.05) is 44.2 Å². The first-order valence-electron chi connectivity index (χ1n) is 15.2. The molecule has 1 saturated carbocycles. The van der Waals surface area contributed by atoms with E-state index in [1.54, 1.807) is 18.2 Å². The number of aliphatic hydroxyl groups is 1. The van der Waals surface area contributed by atoms with Crippen LogP contribution >= 0.6 is 23.2 Å². The van der Waals surface area contributed by atoms with Gasteiger partial charge in [0.1, 0.15) is 12.1 Å². The molecule has 43 heavy (non-hydrogen) atoms. The second kappa shape index (κ2) is 15.3. The number of hydrogen-bond donors (Lipinski definition) is 4. The Hall–Kier alpha value is -2.81. The van der Waals surface area contributed by atoms with Crippen LogP contribution < -0.4 is 16.0 Å². The molecule has 1 heterocycles. The van der Waals surface area contributed by atoms with E-state index in [9.17, 15) is 19.5 Å². The quantitative estimate of drug-likeness (QED) is 0.226. The maximum absolute atomic E-state index is 13.6. The van der Waals surface area contributed by atoms with E-state index >= 15 is 0 Å². The summed E-state index contributed by atoms with van der Waals surface area (Å²) in [5.41, 5.74) is 0.931. The van der Waals surface area contributed by atoms with Crippen molar-refractivity contribution in [3.05, 3.63) is 69.7 Å². The molecule has 2 aromatic rings. The molecular weight excluding hydrogens is 589 g/mol. The molecule has 1 aliphatic heterocycles. The minimum absolute atomic E-state index is 0.0660. The van der Waals surface area contributed by atoms with E-state index in [-0.39, 0.29) is 24.3 Å². The van der Waals surface area contributed by atoms with Crippen molar-refractivity contribution < 1.29 is 24.2 Å². The molecule has 0 bridgehead atoms. The normalized spacial score (nSPS) is 19.7. The largest absolute Gasteiger partial charge is 0.440 e. The summed E-state index contributed by atoms with van der Waals surface area (Å²) in [6, 6.07) is 13.1. The van der Waals surface area contributed by atoms with Gasteiger partial charge >= 0.3 is 6.09 Å². The Morgan fingerprint density at radius 1 is 1.00 bits per heavy atom. The predicted molar refractivity (Wildman–Crippen MR) is 168 cm³/mol. The van der Waals surface area contributed by atoms with Gasteiger partial charge in [-0.05, 0) is 60.6 Å². The Bertz CT molecular complexity index is 1250. The first kappa shape index (κ1) is 33.1. The second-order valence-corrected chi connectivity index (χ2v) is 13.3. The van der Waals surface area contributed by atoms with Crippen molar-refractivity contribution in [2.75, 3.05) is 13.2 Å². The van der Waals surface area contributed by atoms with Crippen molar-refractivity contribution >= 4 is 41.1 Å². The van der Waals surface area contributed by atoms with E-state index in [1.165, 1.54) is 6.42 Å². The van der Waals surface area contributed by atoms with Gasteiger partial charge in [0.2, 0.25) is 11.8 Å². The summed E-state index contributed by atoms with van der Waals surface area (Å²) in [7, 11) is 0. The first-order chi connectivity index (χ1) is 20.6. The molecule has 2 aromatic carbocycles. The minimum Gasteiger partial charge on any atom is -0.440 e. The summed E-state index contributed by atoms with van der Waals surface area (Å²) in [5.74, 6) is -0.435. The van der Waals surface area contributed by atoms with E-state index < -0.39 is 35.6 Å². The van der Waals surface area contributed by atoms with Crippen molar-refractivity contribution in [2.45, 2.75) is 88.8 Å². The summed E-state index contributed by atoms with van der Waals surface area (Å²) in [6.45, 7) is 4.24. The lowest BCUT2D eigenvalue weighted by Crippen LogP contribution is -2.52. The smallest absolute Gasteiger partial charge is 0.408 e. The average molecular weight is 633 g/mol. The number of rotatable bonds is 12. The molecule has 10 heteroatoms. The van der Waals surface area contributed by atoms with Crippen LogP contribution in [0.5, 0.6) is 0 Å². The lowest BCUT2D eigenvalue weighted by Gasteiger charge is -2.35. The van der Waals surface area contributed by atoms with E-state index in [2.05, 4.69) is 16.0 Å². The van der Waals surface area contributed by atoms with E-state index in [0.717, 1.165) is 36.8 Å². The standard InChI is InChI=1S/C33H43Cl2N3O5/c1-33(2,24-9-6-10-26(35)19-24)29(22-11-13-25(34)14-12-22)43-32(42)38-28(17-21-7-4-3-5-8-21)31(41)37-27(20-39)18-23-15-16-36-30(23)40/h6,9-14,19,21,23,27-29,39H,3-5,7-8,15-18,20H2,1-2H3,(H,36,40)(H,37,41)(H,38,42)/t23-,27?,28?,29?/m0/s1. The van der Waals surface area contributed by atoms with Gasteiger partial charge in [-0.1, -0.05) is 93.4 Å². The van der Waals surface area contributed by atoms with Gasteiger partial charge in [-0.3, -0.25) is 9.59 Å². The van der Waals surface area contributed by atoms with E-state index in [4.69, 9.17) is 27.9 Å². The van der Waals surface area contributed by atoms with Gasteiger partial charge < -0.3 is 25.8 Å². The topological polar surface area (TPSA) is 117 Å². The maximum Gasteiger partial charge on any atom is 0.408 e. The Labute approximate surface area is 264 Å². The van der Waals surface area contributed by atoms with Crippen LogP contribution in [0.1, 0.15) is 82.4 Å². The molecule has 3 unspecified atom stereocenters. The summed E-state index contributed by atoms with van der Waals surface area (Å²) >= 11 is 12.5. The molecule has 0 radical (unpaired) electrons. The highest BCUT2D eigenvalue weighted by atomic mass is 35.5. The zero-order chi connectivity index (χ0) is 31.0. The van der Waals surface area contributed by atoms with Crippen molar-refractivity contribution in [2.24, 2.45) is 11.8 Å². The zero-order valence-corrected chi connectivity index (χ0v) is 26.4. The number of nitrogens with one attached hydrogen (secondary N) is 3. The van der Waals surface area contributed by atoms with Gasteiger partial charge in [0.25, 0.3) is 0 Å². The molecule has 4 rings (SSSR count). The summed E-state index contributed by atoms with van der Waals surface area (Å²) < 4.78 is 6.14. The first-order valence-corrected chi connectivity index (χ1v) is 16.0. The van der Waals surface area contributed by atoms with Crippen LogP contribution in [0.4, 0.5) is 4.79 Å². The zero-order valence-electron chi connectivity index (χ0n) is 24.9. The fourth-order valence-corrected chi connectivity index (χ4v) is 6.59. The second-order valence-electron chi connectivity index (χ2n) is 12.4. The van der Waals surface area contributed by atoms with Crippen LogP contribution in [0.3, 0.4) is 0 Å². The third-order valence-corrected chi connectivity index (χ3v) is 9.31. The number of benzene rings is 2. The van der Waals surface area contributed by atoms with Gasteiger partial charge in [-0.15, -0.1) is 0 Å². The molecule has 2 fully saturated rings. The molecule has 0 aromatic heterocycles. The molecular formula is C33H43Cl2N3O5. The predicted octanol–water partition coefficient (Wildman–Crippen LogP) is 6.08. The minimum atomic E-state index is -0.859. The highest BCUT2D eigenvalue weighted by molar-refractivity contribution is 6.30. The summed E-state index contributed by atoms with van der Waals surface area (Å²) in [5, 5.41) is 19.7. The van der Waals surface area contributed by atoms with Crippen LogP contribution in [0.2, 0.25) is 10.0 Å². The number of halogens is 2. The van der Waals surface area contributed by atoms with Crippen LogP contribution in [0, 0.1) is 11.8 Å². The molecule has 8 nitrogen and oxygen atoms in total. The monoisotopic (exact) mass is 631 g/mol. The number of carbonyl (C=O) groups is 3. The summed E-state index contributed by atoms with van der Waals surface area (Å²) in [4.78, 5) is 39.3. The van der Waals surface area contributed by atoms with Crippen molar-refractivity contribution in [1.82, 2.24) is 16.0 Å². The lowest BCUT2D eigenvalue weighted by atomic mass is 9.76. The molecule has 3 amide bonds. The Morgan fingerprint density at radius 3 is 2.35 bits per heavy atom. The molecule has 4 atom stereocenters. The molecule has 4 N–H and O–H groups in total. The van der Waals surface area contributed by atoms with E-state index in [0.29, 0.717) is 35.9 Å². The highest BCUT2D eigenvalue weighted by Crippen LogP contribution is 2.41. The van der Waals surface area contributed by atoms with Crippen LogP contribution in [-0.4, -0.2) is 48.2 Å². The van der Waals surface area contributed by atoms with Gasteiger partial charge in [0.05, 0.1) is 12.6 Å². The number of hydrogen-bond acceptors (Lipinski definition) is 5. The number of ether oxygens (including phenoxy) is 1. The molecule has 1 saturated heterocycles. The number of aliphatic hydroxyl groups excluding tert-OH is 1. The van der Waals surface area contributed by atoms with Gasteiger partial charge in [0.15, 0.2) is 0 Å². The van der Waals surface area contributed by atoms with Gasteiger partial charge in [0, 0.05) is 27.9 Å². The maximum atomic E-state index is 13.6. The van der Waals surface area contributed by atoms with Crippen LogP contribution in [-0.2, 0) is 19.7 Å². The molecule has 2 aliphatic rings. The van der Waals surface area contributed by atoms with Crippen molar-refractivity contribution in [3.8, 4) is 0 Å². The molecule has 0 spiro atoms. The van der Waals surface area contributed by atoms with Crippen molar-refractivity contribution in [3.63, 3.8) is 0 Å². The van der Waals surface area contributed by atoms with Crippen LogP contribution in [0.15, 0.2) is 48.5 Å². The van der Waals surface area contributed by atoms with Crippen molar-refractivity contribution in [1.29, 1.82) is 0 Å². The highest BCUT2D eigenvalue weighted by Gasteiger charge is 2.37. The fraction of sp³-hybridized carbons (Fsp3) is 0.545. The Morgan fingerprint density at radius 2 is 1.72 bits per heavy atom. The third-order valence-electron chi connectivity index (χ3n) is 8.82.